The van der Waals surface area contributed by atoms with E-state index in [1.165, 1.54) is 0 Å². The maximum Gasteiger partial charge on any atom is 0.436 e. The molecule has 6 nitrogen and oxygen atoms in total. The van der Waals surface area contributed by atoms with Crippen LogP contribution in [0.1, 0.15) is 11.9 Å². The van der Waals surface area contributed by atoms with Crippen molar-refractivity contribution in [1.29, 1.82) is 0 Å². The summed E-state index contributed by atoms with van der Waals surface area (Å²) in [5.74, 6) is 0.698. The molecule has 1 aliphatic rings. The number of nitrogens with zero attached hydrogens (tertiary/aromatic N) is 4. The molecule has 1 aromatic heterocycles. The highest BCUT2D eigenvalue weighted by Gasteiger charge is 2.41. The van der Waals surface area contributed by atoms with Crippen LogP contribution in [0.15, 0.2) is 53.0 Å². The molecule has 1 unspecified atom stereocenters. The third kappa shape index (κ3) is 4.80. The molecule has 0 amide bonds. The van der Waals surface area contributed by atoms with Crippen molar-refractivity contribution in [2.45, 2.75) is 12.3 Å². The van der Waals surface area contributed by atoms with E-state index in [9.17, 15) is 18.0 Å². The predicted molar refractivity (Wildman–Crippen MR) is 127 cm³/mol. The highest BCUT2D eigenvalue weighted by molar-refractivity contribution is 9.10. The largest absolute Gasteiger partial charge is 0.495 e. The average molecular weight is 558 g/mol. The quantitative estimate of drug-likeness (QED) is 0.374. The molecular formula is C23H21BrClF3N4O2. The molecule has 0 bridgehead atoms. The van der Waals surface area contributed by atoms with Gasteiger partial charge in [0.05, 0.1) is 22.3 Å². The Hall–Kier alpha value is -2.56. The minimum absolute atomic E-state index is 0.0618. The first kappa shape index (κ1) is 24.6. The van der Waals surface area contributed by atoms with Gasteiger partial charge in [0.1, 0.15) is 5.75 Å². The van der Waals surface area contributed by atoms with E-state index < -0.39 is 23.1 Å². The molecular weight excluding hydrogens is 537 g/mol. The van der Waals surface area contributed by atoms with Crippen LogP contribution in [0.2, 0.25) is 5.02 Å². The first-order valence-corrected chi connectivity index (χ1v) is 11.6. The van der Waals surface area contributed by atoms with Crippen molar-refractivity contribution in [2.75, 3.05) is 38.2 Å². The Morgan fingerprint density at radius 3 is 2.38 bits per heavy atom. The second-order valence-corrected chi connectivity index (χ2v) is 8.94. The summed E-state index contributed by atoms with van der Waals surface area (Å²) in [6.07, 6.45) is -5.18. The molecule has 0 spiro atoms. The van der Waals surface area contributed by atoms with Crippen molar-refractivity contribution in [3.8, 4) is 17.0 Å². The number of aromatic nitrogens is 2. The molecule has 4 rings (SSSR count). The van der Waals surface area contributed by atoms with Crippen molar-refractivity contribution in [2.24, 2.45) is 0 Å². The summed E-state index contributed by atoms with van der Waals surface area (Å²) in [5, 5.41) is 3.24. The minimum Gasteiger partial charge on any atom is -0.495 e. The van der Waals surface area contributed by atoms with Gasteiger partial charge in [-0.15, -0.1) is 0 Å². The van der Waals surface area contributed by atoms with Crippen LogP contribution in [-0.4, -0.2) is 54.3 Å². The Bertz CT molecular complexity index is 1170. The van der Waals surface area contributed by atoms with Gasteiger partial charge in [0.2, 0.25) is 0 Å². The molecule has 0 saturated carbocycles. The summed E-state index contributed by atoms with van der Waals surface area (Å²) in [6, 6.07) is 14.2. The van der Waals surface area contributed by atoms with Crippen LogP contribution in [0.4, 0.5) is 18.9 Å². The second-order valence-electron chi connectivity index (χ2n) is 7.71. The summed E-state index contributed by atoms with van der Waals surface area (Å²) in [7, 11) is 1.59. The Morgan fingerprint density at radius 2 is 1.79 bits per heavy atom. The summed E-state index contributed by atoms with van der Waals surface area (Å²) in [5.41, 5.74) is 0.254. The maximum atomic E-state index is 13.6. The van der Waals surface area contributed by atoms with E-state index in [1.54, 1.807) is 42.3 Å². The number of piperazine rings is 1. The molecule has 2 heterocycles. The molecule has 1 saturated heterocycles. The first-order valence-electron chi connectivity index (χ1n) is 10.4. The van der Waals surface area contributed by atoms with Gasteiger partial charge in [-0.25, -0.2) is 4.68 Å². The summed E-state index contributed by atoms with van der Waals surface area (Å²) in [4.78, 5) is 16.1. The van der Waals surface area contributed by atoms with Crippen LogP contribution in [-0.2, 0) is 11.0 Å². The molecule has 1 aliphatic heterocycles. The van der Waals surface area contributed by atoms with Crippen LogP contribution in [0.25, 0.3) is 11.3 Å². The standard InChI is InChI=1S/C23H21BrClF3N4O2/c1-34-18-13-16(7-8-17(18)24)30-9-11-31(12-10-30)19(14-33)32-21(15-5-3-2-4-6-15)20(25)22(29-32)23(26,27)28/h2-8,13-14,19H,9-12H2,1H3. The van der Waals surface area contributed by atoms with Crippen LogP contribution >= 0.6 is 27.5 Å². The lowest BCUT2D eigenvalue weighted by Crippen LogP contribution is -2.49. The van der Waals surface area contributed by atoms with Gasteiger partial charge in [-0.3, -0.25) is 9.69 Å². The van der Waals surface area contributed by atoms with Gasteiger partial charge >= 0.3 is 6.18 Å². The van der Waals surface area contributed by atoms with E-state index in [-0.39, 0.29) is 5.69 Å². The molecule has 1 fully saturated rings. The molecule has 1 atom stereocenters. The molecule has 0 radical (unpaired) electrons. The zero-order valence-electron chi connectivity index (χ0n) is 18.1. The highest BCUT2D eigenvalue weighted by atomic mass is 79.9. The molecule has 0 aliphatic carbocycles. The summed E-state index contributed by atoms with van der Waals surface area (Å²) in [6.45, 7) is 2.01. The number of benzene rings is 2. The third-order valence-electron chi connectivity index (χ3n) is 5.73. The Morgan fingerprint density at radius 1 is 1.12 bits per heavy atom. The van der Waals surface area contributed by atoms with Gasteiger partial charge < -0.3 is 9.64 Å². The number of hydrogen-bond donors (Lipinski definition) is 0. The molecule has 3 aromatic rings. The smallest absolute Gasteiger partial charge is 0.436 e. The van der Waals surface area contributed by atoms with Crippen LogP contribution in [0.5, 0.6) is 5.75 Å². The lowest BCUT2D eigenvalue weighted by molar-refractivity contribution is -0.142. The van der Waals surface area contributed by atoms with Crippen molar-refractivity contribution in [1.82, 2.24) is 14.7 Å². The van der Waals surface area contributed by atoms with Crippen molar-refractivity contribution >= 4 is 39.5 Å². The maximum absolute atomic E-state index is 13.6. The van der Waals surface area contributed by atoms with E-state index in [0.29, 0.717) is 43.8 Å². The van der Waals surface area contributed by atoms with Gasteiger partial charge in [0.25, 0.3) is 0 Å². The number of methoxy groups -OCH3 is 1. The number of carbonyl (C=O) groups excluding carboxylic acids is 1. The molecule has 0 N–H and O–H groups in total. The van der Waals surface area contributed by atoms with Gasteiger partial charge in [-0.05, 0) is 28.1 Å². The molecule has 34 heavy (non-hydrogen) atoms. The van der Waals surface area contributed by atoms with Crippen LogP contribution in [0, 0.1) is 0 Å². The fourth-order valence-electron chi connectivity index (χ4n) is 4.03. The van der Waals surface area contributed by atoms with Crippen molar-refractivity contribution in [3.63, 3.8) is 0 Å². The molecule has 180 valence electrons. The monoisotopic (exact) mass is 556 g/mol. The van der Waals surface area contributed by atoms with Gasteiger partial charge in [-0.1, -0.05) is 41.9 Å². The Balaban J connectivity index is 1.63. The number of ether oxygens (including phenoxy) is 1. The van der Waals surface area contributed by atoms with E-state index >= 15 is 0 Å². The van der Waals surface area contributed by atoms with Crippen molar-refractivity contribution in [3.05, 3.63) is 63.7 Å². The van der Waals surface area contributed by atoms with Gasteiger partial charge in [-0.2, -0.15) is 18.3 Å². The van der Waals surface area contributed by atoms with E-state index in [0.717, 1.165) is 14.8 Å². The zero-order valence-corrected chi connectivity index (χ0v) is 20.4. The number of carbonyl (C=O) groups is 1. The number of alkyl halides is 3. The van der Waals surface area contributed by atoms with Gasteiger partial charge in [0, 0.05) is 43.5 Å². The number of aldehydes is 1. The van der Waals surface area contributed by atoms with Crippen LogP contribution < -0.4 is 9.64 Å². The number of halogens is 5. The normalized spacial score (nSPS) is 15.9. The average Bonchev–Trinajstić information content (AvgIpc) is 3.18. The first-order chi connectivity index (χ1) is 16.2. The number of rotatable bonds is 6. The fourth-order valence-corrected chi connectivity index (χ4v) is 4.78. The predicted octanol–water partition coefficient (Wildman–Crippen LogP) is 5.51. The van der Waals surface area contributed by atoms with E-state index in [4.69, 9.17) is 16.3 Å². The fraction of sp³-hybridized carbons (Fsp3) is 0.304. The Labute approximate surface area is 208 Å². The minimum atomic E-state index is -4.75. The second kappa shape index (κ2) is 9.97. The topological polar surface area (TPSA) is 50.6 Å². The lowest BCUT2D eigenvalue weighted by atomic mass is 10.1. The Kier molecular flexibility index (Phi) is 7.20. The van der Waals surface area contributed by atoms with Gasteiger partial charge in [0.15, 0.2) is 18.1 Å². The number of hydrogen-bond acceptors (Lipinski definition) is 5. The summed E-state index contributed by atoms with van der Waals surface area (Å²) < 4.78 is 48.1. The lowest BCUT2D eigenvalue weighted by Gasteiger charge is -2.38. The van der Waals surface area contributed by atoms with Crippen LogP contribution in [0.3, 0.4) is 0 Å². The van der Waals surface area contributed by atoms with E-state index in [1.807, 2.05) is 18.2 Å². The molecule has 11 heteroatoms. The third-order valence-corrected chi connectivity index (χ3v) is 6.74. The zero-order chi connectivity index (χ0) is 24.5. The number of anilines is 1. The summed E-state index contributed by atoms with van der Waals surface area (Å²) >= 11 is 9.61. The van der Waals surface area contributed by atoms with E-state index in [2.05, 4.69) is 25.9 Å². The highest BCUT2D eigenvalue weighted by Crippen LogP contribution is 2.41. The molecule has 2 aromatic carbocycles. The van der Waals surface area contributed by atoms with Crippen molar-refractivity contribution < 1.29 is 22.7 Å². The SMILES string of the molecule is COc1cc(N2CCN(C(C=O)n3nc(C(F)(F)F)c(Cl)c3-c3ccccc3)CC2)ccc1Br.